The van der Waals surface area contributed by atoms with Gasteiger partial charge in [0.25, 0.3) is 0 Å². The Bertz CT molecular complexity index is 451. The van der Waals surface area contributed by atoms with Crippen LogP contribution in [0.5, 0.6) is 0 Å². The van der Waals surface area contributed by atoms with Crippen molar-refractivity contribution < 1.29 is 5.11 Å². The molecule has 1 aromatic carbocycles. The van der Waals surface area contributed by atoms with Gasteiger partial charge in [-0.25, -0.2) is 0 Å². The van der Waals surface area contributed by atoms with E-state index < -0.39 is 6.10 Å². The van der Waals surface area contributed by atoms with Crippen LogP contribution in [0.2, 0.25) is 10.0 Å². The first-order chi connectivity index (χ1) is 9.49. The lowest BCUT2D eigenvalue weighted by Gasteiger charge is -2.25. The second kappa shape index (κ2) is 7.10. The zero-order valence-corrected chi connectivity index (χ0v) is 13.5. The Balaban J connectivity index is 1.79. The van der Waals surface area contributed by atoms with Gasteiger partial charge in [-0.2, -0.15) is 0 Å². The number of likely N-dealkylation sites (N-methyl/N-ethyl adjacent to an activating group) is 1. The van der Waals surface area contributed by atoms with Gasteiger partial charge in [-0.3, -0.25) is 4.90 Å². The topological polar surface area (TPSA) is 35.5 Å². The molecule has 1 saturated carbocycles. The molecule has 1 aliphatic rings. The molecule has 0 saturated heterocycles. The van der Waals surface area contributed by atoms with Crippen molar-refractivity contribution in [2.75, 3.05) is 20.1 Å². The predicted octanol–water partition coefficient (Wildman–Crippen LogP) is 3.10. The van der Waals surface area contributed by atoms with Gasteiger partial charge in [0, 0.05) is 40.8 Å². The van der Waals surface area contributed by atoms with Crippen LogP contribution < -0.4 is 5.32 Å². The molecule has 0 heterocycles. The smallest absolute Gasteiger partial charge is 0.0929 e. The summed E-state index contributed by atoms with van der Waals surface area (Å²) in [7, 11) is 2.16. The zero-order valence-electron chi connectivity index (χ0n) is 11.9. The summed E-state index contributed by atoms with van der Waals surface area (Å²) in [5, 5.41) is 14.6. The van der Waals surface area contributed by atoms with E-state index >= 15 is 0 Å². The largest absolute Gasteiger partial charge is 0.387 e. The van der Waals surface area contributed by atoms with Crippen LogP contribution in [-0.4, -0.2) is 42.2 Å². The summed E-state index contributed by atoms with van der Waals surface area (Å²) in [4.78, 5) is 2.39. The molecule has 0 bridgehead atoms. The van der Waals surface area contributed by atoms with E-state index in [1.54, 1.807) is 18.2 Å². The Morgan fingerprint density at radius 1 is 1.35 bits per heavy atom. The van der Waals surface area contributed by atoms with Crippen LogP contribution in [0.25, 0.3) is 0 Å². The van der Waals surface area contributed by atoms with Gasteiger partial charge in [0.2, 0.25) is 0 Å². The van der Waals surface area contributed by atoms with Crippen LogP contribution >= 0.6 is 23.2 Å². The highest BCUT2D eigenvalue weighted by Crippen LogP contribution is 2.27. The summed E-state index contributed by atoms with van der Waals surface area (Å²) in [5.74, 6) is 0. The maximum atomic E-state index is 10.2. The molecule has 2 atom stereocenters. The zero-order chi connectivity index (χ0) is 14.7. The van der Waals surface area contributed by atoms with Crippen molar-refractivity contribution in [1.82, 2.24) is 10.2 Å². The summed E-state index contributed by atoms with van der Waals surface area (Å²) < 4.78 is 0. The molecular formula is C15H22Cl2N2O. The molecule has 20 heavy (non-hydrogen) atoms. The average molecular weight is 317 g/mol. The highest BCUT2D eigenvalue weighted by molar-refractivity contribution is 6.33. The molecule has 112 valence electrons. The second-order valence-electron chi connectivity index (χ2n) is 5.59. The fraction of sp³-hybridized carbons (Fsp3) is 0.600. The van der Waals surface area contributed by atoms with E-state index in [-0.39, 0.29) is 0 Å². The second-order valence-corrected chi connectivity index (χ2v) is 6.43. The molecule has 0 aliphatic heterocycles. The summed E-state index contributed by atoms with van der Waals surface area (Å²) in [5.41, 5.74) is 0.676. The molecule has 2 unspecified atom stereocenters. The Labute approximate surface area is 130 Å². The van der Waals surface area contributed by atoms with Gasteiger partial charge < -0.3 is 10.4 Å². The fourth-order valence-corrected chi connectivity index (χ4v) is 2.72. The number of aliphatic hydroxyl groups is 1. The van der Waals surface area contributed by atoms with E-state index in [2.05, 4.69) is 24.2 Å². The molecule has 1 aromatic rings. The van der Waals surface area contributed by atoms with Crippen molar-refractivity contribution in [2.24, 2.45) is 0 Å². The Morgan fingerprint density at radius 3 is 2.70 bits per heavy atom. The SMILES string of the molecule is CC(CNCC(O)c1cc(Cl)ccc1Cl)N(C)C1CC1. The van der Waals surface area contributed by atoms with Crippen molar-refractivity contribution in [1.29, 1.82) is 0 Å². The number of hydrogen-bond donors (Lipinski definition) is 2. The van der Waals surface area contributed by atoms with Gasteiger partial charge in [-0.1, -0.05) is 23.2 Å². The van der Waals surface area contributed by atoms with Gasteiger partial charge in [-0.15, -0.1) is 0 Å². The number of aliphatic hydroxyl groups excluding tert-OH is 1. The molecule has 5 heteroatoms. The number of hydrogen-bond acceptors (Lipinski definition) is 3. The van der Waals surface area contributed by atoms with Gasteiger partial charge in [0.1, 0.15) is 0 Å². The third kappa shape index (κ3) is 4.34. The number of halogens is 2. The lowest BCUT2D eigenvalue weighted by molar-refractivity contribution is 0.167. The highest BCUT2D eigenvalue weighted by atomic mass is 35.5. The molecule has 3 nitrogen and oxygen atoms in total. The highest BCUT2D eigenvalue weighted by Gasteiger charge is 2.28. The molecule has 2 rings (SSSR count). The molecule has 0 spiro atoms. The molecule has 0 radical (unpaired) electrons. The third-order valence-electron chi connectivity index (χ3n) is 3.91. The predicted molar refractivity (Wildman–Crippen MR) is 84.5 cm³/mol. The van der Waals surface area contributed by atoms with Crippen molar-refractivity contribution in [3.8, 4) is 0 Å². The van der Waals surface area contributed by atoms with Crippen LogP contribution in [-0.2, 0) is 0 Å². The maximum Gasteiger partial charge on any atom is 0.0929 e. The van der Waals surface area contributed by atoms with Crippen LogP contribution in [0.4, 0.5) is 0 Å². The monoisotopic (exact) mass is 316 g/mol. The summed E-state index contributed by atoms with van der Waals surface area (Å²) in [6.07, 6.45) is 1.98. The molecule has 1 fully saturated rings. The first-order valence-corrected chi connectivity index (χ1v) is 7.80. The van der Waals surface area contributed by atoms with Gasteiger partial charge in [-0.05, 0) is 45.0 Å². The molecule has 0 amide bonds. The fourth-order valence-electron chi connectivity index (χ4n) is 2.29. The molecule has 2 N–H and O–H groups in total. The Morgan fingerprint density at radius 2 is 2.05 bits per heavy atom. The lowest BCUT2D eigenvalue weighted by Crippen LogP contribution is -2.40. The number of nitrogens with zero attached hydrogens (tertiary/aromatic N) is 1. The van der Waals surface area contributed by atoms with Crippen LogP contribution in [0.1, 0.15) is 31.4 Å². The van der Waals surface area contributed by atoms with Crippen molar-refractivity contribution in [3.05, 3.63) is 33.8 Å². The first kappa shape index (κ1) is 16.1. The van der Waals surface area contributed by atoms with E-state index in [9.17, 15) is 5.11 Å². The summed E-state index contributed by atoms with van der Waals surface area (Å²) >= 11 is 12.0. The van der Waals surface area contributed by atoms with Crippen LogP contribution in [0, 0.1) is 0 Å². The maximum absolute atomic E-state index is 10.2. The summed E-state index contributed by atoms with van der Waals surface area (Å²) in [6, 6.07) is 6.37. The van der Waals surface area contributed by atoms with E-state index in [1.807, 2.05) is 0 Å². The van der Waals surface area contributed by atoms with Crippen molar-refractivity contribution in [3.63, 3.8) is 0 Å². The number of nitrogens with one attached hydrogen (secondary N) is 1. The Kier molecular flexibility index (Phi) is 5.70. The van der Waals surface area contributed by atoms with E-state index in [0.29, 0.717) is 28.2 Å². The van der Waals surface area contributed by atoms with Crippen LogP contribution in [0.15, 0.2) is 18.2 Å². The van der Waals surface area contributed by atoms with E-state index in [0.717, 1.165) is 12.6 Å². The minimum atomic E-state index is -0.639. The van der Waals surface area contributed by atoms with Crippen molar-refractivity contribution >= 4 is 23.2 Å². The van der Waals surface area contributed by atoms with E-state index in [1.165, 1.54) is 12.8 Å². The van der Waals surface area contributed by atoms with Gasteiger partial charge in [0.15, 0.2) is 0 Å². The normalized spacial score (nSPS) is 18.3. The number of benzene rings is 1. The molecule has 0 aromatic heterocycles. The standard InChI is InChI=1S/C15H22Cl2N2O/c1-10(19(2)12-4-5-12)8-18-9-15(20)13-7-11(16)3-6-14(13)17/h3,6-7,10,12,15,18,20H,4-5,8-9H2,1-2H3. The minimum Gasteiger partial charge on any atom is -0.387 e. The minimum absolute atomic E-state index is 0.463. The Hall–Kier alpha value is -0.320. The first-order valence-electron chi connectivity index (χ1n) is 7.04. The lowest BCUT2D eigenvalue weighted by atomic mass is 10.1. The van der Waals surface area contributed by atoms with E-state index in [4.69, 9.17) is 23.2 Å². The van der Waals surface area contributed by atoms with Crippen molar-refractivity contribution in [2.45, 2.75) is 38.0 Å². The third-order valence-corrected chi connectivity index (χ3v) is 4.49. The van der Waals surface area contributed by atoms with Crippen LogP contribution in [0.3, 0.4) is 0 Å². The number of rotatable bonds is 7. The quantitative estimate of drug-likeness (QED) is 0.811. The average Bonchev–Trinajstić information content (AvgIpc) is 3.24. The summed E-state index contributed by atoms with van der Waals surface area (Å²) in [6.45, 7) is 3.52. The van der Waals surface area contributed by atoms with Gasteiger partial charge in [0.05, 0.1) is 6.10 Å². The molecular weight excluding hydrogens is 295 g/mol. The molecule has 1 aliphatic carbocycles. The van der Waals surface area contributed by atoms with Gasteiger partial charge >= 0.3 is 0 Å².